The lowest BCUT2D eigenvalue weighted by Crippen LogP contribution is -1.95. The fourth-order valence-electron chi connectivity index (χ4n) is 2.54. The van der Waals surface area contributed by atoms with Gasteiger partial charge in [-0.25, -0.2) is 4.98 Å². The summed E-state index contributed by atoms with van der Waals surface area (Å²) in [5, 5.41) is 0. The van der Waals surface area contributed by atoms with Crippen LogP contribution in [0.1, 0.15) is 24.6 Å². The number of hydrogen-bond acceptors (Lipinski definition) is 2. The Hall–Kier alpha value is -2.00. The standard InChI is InChI=1S/C18H19ClN2O/c1-3-11-22-15-8-6-14(7-9-15)17-16(12-19)21-10-4-5-13(2)18(21)20-17/h4-10H,3,11-12H2,1-2H3. The van der Waals surface area contributed by atoms with Gasteiger partial charge in [-0.2, -0.15) is 0 Å². The number of pyridine rings is 1. The summed E-state index contributed by atoms with van der Waals surface area (Å²) in [6, 6.07) is 12.1. The average Bonchev–Trinajstić information content (AvgIpc) is 2.93. The van der Waals surface area contributed by atoms with E-state index in [0.29, 0.717) is 5.88 Å². The minimum Gasteiger partial charge on any atom is -0.494 e. The smallest absolute Gasteiger partial charge is 0.140 e. The van der Waals surface area contributed by atoms with Gasteiger partial charge in [0.2, 0.25) is 0 Å². The summed E-state index contributed by atoms with van der Waals surface area (Å²) < 4.78 is 7.70. The molecule has 3 rings (SSSR count). The van der Waals surface area contributed by atoms with Crippen molar-refractivity contribution in [2.75, 3.05) is 6.61 Å². The van der Waals surface area contributed by atoms with E-state index in [9.17, 15) is 0 Å². The Morgan fingerprint density at radius 3 is 2.64 bits per heavy atom. The Morgan fingerprint density at radius 2 is 1.95 bits per heavy atom. The first kappa shape index (κ1) is 14.9. The lowest BCUT2D eigenvalue weighted by molar-refractivity contribution is 0.317. The van der Waals surface area contributed by atoms with E-state index in [1.807, 2.05) is 36.5 Å². The zero-order valence-electron chi connectivity index (χ0n) is 12.8. The molecule has 0 atom stereocenters. The summed E-state index contributed by atoms with van der Waals surface area (Å²) in [5.74, 6) is 1.31. The molecule has 1 aromatic carbocycles. The van der Waals surface area contributed by atoms with Crippen molar-refractivity contribution < 1.29 is 4.74 Å². The minimum absolute atomic E-state index is 0.425. The monoisotopic (exact) mass is 314 g/mol. The highest BCUT2D eigenvalue weighted by atomic mass is 35.5. The highest BCUT2D eigenvalue weighted by Gasteiger charge is 2.14. The number of ether oxygens (including phenoxy) is 1. The van der Waals surface area contributed by atoms with Crippen LogP contribution in [-0.4, -0.2) is 16.0 Å². The number of aromatic nitrogens is 2. The van der Waals surface area contributed by atoms with Gasteiger partial charge in [-0.05, 0) is 49.2 Å². The van der Waals surface area contributed by atoms with Gasteiger partial charge in [-0.15, -0.1) is 11.6 Å². The molecule has 2 heterocycles. The summed E-state index contributed by atoms with van der Waals surface area (Å²) in [7, 11) is 0. The zero-order chi connectivity index (χ0) is 15.5. The van der Waals surface area contributed by atoms with Crippen LogP contribution in [0.4, 0.5) is 0 Å². The van der Waals surface area contributed by atoms with Gasteiger partial charge < -0.3 is 9.14 Å². The van der Waals surface area contributed by atoms with E-state index in [4.69, 9.17) is 21.3 Å². The molecule has 0 aliphatic carbocycles. The van der Waals surface area contributed by atoms with E-state index >= 15 is 0 Å². The van der Waals surface area contributed by atoms with Gasteiger partial charge in [0.15, 0.2) is 0 Å². The van der Waals surface area contributed by atoms with Crippen molar-refractivity contribution in [3.8, 4) is 17.0 Å². The topological polar surface area (TPSA) is 26.5 Å². The molecule has 0 unspecified atom stereocenters. The predicted octanol–water partition coefficient (Wildman–Crippen LogP) is 4.84. The van der Waals surface area contributed by atoms with Crippen molar-refractivity contribution in [3.05, 3.63) is 53.9 Å². The Kier molecular flexibility index (Phi) is 4.34. The molecular weight excluding hydrogens is 296 g/mol. The van der Waals surface area contributed by atoms with E-state index in [0.717, 1.165) is 46.9 Å². The molecule has 2 aromatic heterocycles. The van der Waals surface area contributed by atoms with Gasteiger partial charge in [0, 0.05) is 11.8 Å². The molecule has 0 aliphatic heterocycles. The molecular formula is C18H19ClN2O. The largest absolute Gasteiger partial charge is 0.494 e. The fraction of sp³-hybridized carbons (Fsp3) is 0.278. The molecule has 0 bridgehead atoms. The van der Waals surface area contributed by atoms with Crippen molar-refractivity contribution in [2.24, 2.45) is 0 Å². The molecule has 0 amide bonds. The second kappa shape index (κ2) is 6.41. The highest BCUT2D eigenvalue weighted by Crippen LogP contribution is 2.28. The Morgan fingerprint density at radius 1 is 1.18 bits per heavy atom. The number of benzene rings is 1. The quantitative estimate of drug-likeness (QED) is 0.630. The van der Waals surface area contributed by atoms with Crippen LogP contribution in [0.5, 0.6) is 5.75 Å². The number of halogens is 1. The summed E-state index contributed by atoms with van der Waals surface area (Å²) >= 11 is 6.17. The van der Waals surface area contributed by atoms with Crippen LogP contribution in [0.2, 0.25) is 0 Å². The summed E-state index contributed by atoms with van der Waals surface area (Å²) in [6.45, 7) is 4.89. The summed E-state index contributed by atoms with van der Waals surface area (Å²) in [5.41, 5.74) is 5.11. The third-order valence-corrected chi connectivity index (χ3v) is 3.92. The Labute approximate surface area is 135 Å². The highest BCUT2D eigenvalue weighted by molar-refractivity contribution is 6.17. The Bertz CT molecular complexity index is 778. The van der Waals surface area contributed by atoms with Crippen molar-refractivity contribution in [1.82, 2.24) is 9.38 Å². The molecule has 0 saturated heterocycles. The minimum atomic E-state index is 0.425. The Balaban J connectivity index is 2.04. The second-order valence-corrected chi connectivity index (χ2v) is 5.57. The first-order valence-corrected chi connectivity index (χ1v) is 8.03. The molecule has 0 N–H and O–H groups in total. The third kappa shape index (κ3) is 2.69. The molecule has 22 heavy (non-hydrogen) atoms. The number of aryl methyl sites for hydroxylation is 1. The van der Waals surface area contributed by atoms with Crippen molar-refractivity contribution in [2.45, 2.75) is 26.1 Å². The van der Waals surface area contributed by atoms with Gasteiger partial charge in [-0.1, -0.05) is 13.0 Å². The van der Waals surface area contributed by atoms with E-state index in [1.165, 1.54) is 0 Å². The number of fused-ring (bicyclic) bond motifs is 1. The van der Waals surface area contributed by atoms with E-state index in [1.54, 1.807) is 0 Å². The number of rotatable bonds is 5. The maximum absolute atomic E-state index is 6.17. The first-order chi connectivity index (χ1) is 10.7. The number of imidazole rings is 1. The molecule has 3 nitrogen and oxygen atoms in total. The average molecular weight is 315 g/mol. The lowest BCUT2D eigenvalue weighted by Gasteiger charge is -2.06. The molecule has 0 aliphatic rings. The zero-order valence-corrected chi connectivity index (χ0v) is 13.6. The summed E-state index contributed by atoms with van der Waals surface area (Å²) in [4.78, 5) is 4.78. The fourth-order valence-corrected chi connectivity index (χ4v) is 2.80. The SMILES string of the molecule is CCCOc1ccc(-c2nc3c(C)cccn3c2CCl)cc1. The van der Waals surface area contributed by atoms with Crippen LogP contribution in [0.3, 0.4) is 0 Å². The normalized spacial score (nSPS) is 11.0. The van der Waals surface area contributed by atoms with Crippen LogP contribution >= 0.6 is 11.6 Å². The molecule has 0 spiro atoms. The maximum Gasteiger partial charge on any atom is 0.140 e. The number of nitrogens with zero attached hydrogens (tertiary/aromatic N) is 2. The van der Waals surface area contributed by atoms with Crippen LogP contribution in [-0.2, 0) is 5.88 Å². The van der Waals surface area contributed by atoms with Crippen LogP contribution in [0.15, 0.2) is 42.6 Å². The van der Waals surface area contributed by atoms with Gasteiger partial charge in [0.25, 0.3) is 0 Å². The molecule has 4 heteroatoms. The van der Waals surface area contributed by atoms with Crippen molar-refractivity contribution >= 4 is 17.2 Å². The van der Waals surface area contributed by atoms with Crippen LogP contribution in [0.25, 0.3) is 16.9 Å². The summed E-state index contributed by atoms with van der Waals surface area (Å²) in [6.07, 6.45) is 3.01. The first-order valence-electron chi connectivity index (χ1n) is 7.50. The molecule has 3 aromatic rings. The molecule has 0 saturated carbocycles. The number of alkyl halides is 1. The van der Waals surface area contributed by atoms with E-state index in [2.05, 4.69) is 24.3 Å². The van der Waals surface area contributed by atoms with Gasteiger partial charge in [0.1, 0.15) is 11.4 Å². The van der Waals surface area contributed by atoms with Crippen LogP contribution < -0.4 is 4.74 Å². The van der Waals surface area contributed by atoms with Crippen molar-refractivity contribution in [3.63, 3.8) is 0 Å². The van der Waals surface area contributed by atoms with E-state index < -0.39 is 0 Å². The maximum atomic E-state index is 6.17. The lowest BCUT2D eigenvalue weighted by atomic mass is 10.1. The van der Waals surface area contributed by atoms with Crippen LogP contribution in [0, 0.1) is 6.92 Å². The van der Waals surface area contributed by atoms with Gasteiger partial charge >= 0.3 is 0 Å². The third-order valence-electron chi connectivity index (χ3n) is 3.67. The number of hydrogen-bond donors (Lipinski definition) is 0. The second-order valence-electron chi connectivity index (χ2n) is 5.30. The molecule has 0 fully saturated rings. The predicted molar refractivity (Wildman–Crippen MR) is 90.7 cm³/mol. The molecule has 0 radical (unpaired) electrons. The molecule has 114 valence electrons. The van der Waals surface area contributed by atoms with Crippen molar-refractivity contribution in [1.29, 1.82) is 0 Å². The van der Waals surface area contributed by atoms with Gasteiger partial charge in [0.05, 0.1) is 23.9 Å². The van der Waals surface area contributed by atoms with Gasteiger partial charge in [-0.3, -0.25) is 0 Å². The van der Waals surface area contributed by atoms with E-state index in [-0.39, 0.29) is 0 Å².